The van der Waals surface area contributed by atoms with Gasteiger partial charge in [0.15, 0.2) is 0 Å². The summed E-state index contributed by atoms with van der Waals surface area (Å²) in [5.74, 6) is 0.641. The fourth-order valence-corrected chi connectivity index (χ4v) is 3.60. The number of likely N-dealkylation sites (tertiary alicyclic amines) is 1. The van der Waals surface area contributed by atoms with E-state index in [2.05, 4.69) is 33.2 Å². The number of halogens is 1. The second-order valence-corrected chi connectivity index (χ2v) is 6.40. The number of likely N-dealkylation sites (N-methyl/N-ethyl adjacent to an activating group) is 1. The summed E-state index contributed by atoms with van der Waals surface area (Å²) in [7, 11) is 4.13. The fraction of sp³-hybridized carbons (Fsp3) is 0.700. The Labute approximate surface area is 103 Å². The molecule has 1 atom stereocenters. The van der Waals surface area contributed by atoms with Crippen molar-refractivity contribution in [1.29, 1.82) is 0 Å². The molecule has 3 nitrogen and oxygen atoms in total. The molecule has 1 aromatic rings. The SMILES string of the molecule is CNCc1nc(C2CCN(C)C2)sc1Br. The first-order valence-corrected chi connectivity index (χ1v) is 6.80. The topological polar surface area (TPSA) is 28.2 Å². The van der Waals surface area contributed by atoms with Gasteiger partial charge >= 0.3 is 0 Å². The highest BCUT2D eigenvalue weighted by Gasteiger charge is 2.24. The van der Waals surface area contributed by atoms with E-state index in [0.29, 0.717) is 5.92 Å². The standard InChI is InChI=1S/C10H16BrN3S/c1-12-5-8-9(11)15-10(13-8)7-3-4-14(2)6-7/h7,12H,3-6H2,1-2H3. The zero-order chi connectivity index (χ0) is 10.8. The molecule has 84 valence electrons. The van der Waals surface area contributed by atoms with Crippen molar-refractivity contribution in [3.8, 4) is 0 Å². The van der Waals surface area contributed by atoms with Crippen molar-refractivity contribution in [2.75, 3.05) is 27.2 Å². The van der Waals surface area contributed by atoms with E-state index in [4.69, 9.17) is 4.98 Å². The average Bonchev–Trinajstić information content (AvgIpc) is 2.75. The number of hydrogen-bond acceptors (Lipinski definition) is 4. The normalized spacial score (nSPS) is 22.5. The smallest absolute Gasteiger partial charge is 0.0984 e. The van der Waals surface area contributed by atoms with Crippen LogP contribution in [0.4, 0.5) is 0 Å². The van der Waals surface area contributed by atoms with Gasteiger partial charge in [0.2, 0.25) is 0 Å². The van der Waals surface area contributed by atoms with Crippen molar-refractivity contribution < 1.29 is 0 Å². The highest BCUT2D eigenvalue weighted by atomic mass is 79.9. The van der Waals surface area contributed by atoms with Crippen LogP contribution in [0.3, 0.4) is 0 Å². The van der Waals surface area contributed by atoms with Crippen molar-refractivity contribution in [2.24, 2.45) is 0 Å². The molecule has 5 heteroatoms. The first kappa shape index (κ1) is 11.5. The van der Waals surface area contributed by atoms with Crippen molar-refractivity contribution in [2.45, 2.75) is 18.9 Å². The number of thiazole rings is 1. The molecular formula is C10H16BrN3S. The Bertz CT molecular complexity index is 339. The summed E-state index contributed by atoms with van der Waals surface area (Å²) in [6.07, 6.45) is 1.25. The molecule has 1 unspecified atom stereocenters. The Morgan fingerprint density at radius 3 is 3.07 bits per heavy atom. The summed E-state index contributed by atoms with van der Waals surface area (Å²) in [6, 6.07) is 0. The number of aromatic nitrogens is 1. The third-order valence-electron chi connectivity index (χ3n) is 2.75. The zero-order valence-corrected chi connectivity index (χ0v) is 11.5. The van der Waals surface area contributed by atoms with Crippen LogP contribution < -0.4 is 5.32 Å². The van der Waals surface area contributed by atoms with Gasteiger partial charge in [-0.25, -0.2) is 4.98 Å². The number of nitrogens with one attached hydrogen (secondary N) is 1. The first-order chi connectivity index (χ1) is 7.20. The van der Waals surface area contributed by atoms with E-state index in [0.717, 1.165) is 18.8 Å². The Morgan fingerprint density at radius 1 is 1.67 bits per heavy atom. The van der Waals surface area contributed by atoms with Gasteiger partial charge in [0.1, 0.15) is 0 Å². The minimum absolute atomic E-state index is 0.641. The molecule has 0 bridgehead atoms. The monoisotopic (exact) mass is 289 g/mol. The van der Waals surface area contributed by atoms with Crippen molar-refractivity contribution >= 4 is 27.3 Å². The van der Waals surface area contributed by atoms with Gasteiger partial charge in [-0.3, -0.25) is 0 Å². The maximum absolute atomic E-state index is 4.70. The first-order valence-electron chi connectivity index (χ1n) is 5.19. The van der Waals surface area contributed by atoms with Gasteiger partial charge in [-0.2, -0.15) is 0 Å². The van der Waals surface area contributed by atoms with Gasteiger partial charge in [0.05, 0.1) is 14.5 Å². The van der Waals surface area contributed by atoms with Crippen LogP contribution in [-0.2, 0) is 6.54 Å². The third kappa shape index (κ3) is 2.58. The van der Waals surface area contributed by atoms with E-state index < -0.39 is 0 Å². The fourth-order valence-electron chi connectivity index (χ4n) is 1.94. The molecule has 0 radical (unpaired) electrons. The van der Waals surface area contributed by atoms with Gasteiger partial charge in [0.25, 0.3) is 0 Å². The Hall–Kier alpha value is 0.0300. The molecule has 15 heavy (non-hydrogen) atoms. The van der Waals surface area contributed by atoms with E-state index in [1.807, 2.05) is 7.05 Å². The molecule has 2 heterocycles. The molecule has 0 saturated carbocycles. The minimum atomic E-state index is 0.641. The molecule has 0 amide bonds. The van der Waals surface area contributed by atoms with Crippen LogP contribution in [0, 0.1) is 0 Å². The van der Waals surface area contributed by atoms with Gasteiger partial charge in [-0.1, -0.05) is 0 Å². The Kier molecular flexibility index (Phi) is 3.77. The molecule has 0 aromatic carbocycles. The lowest BCUT2D eigenvalue weighted by atomic mass is 10.1. The summed E-state index contributed by atoms with van der Waals surface area (Å²) in [6.45, 7) is 3.20. The Balaban J connectivity index is 2.12. The summed E-state index contributed by atoms with van der Waals surface area (Å²) in [4.78, 5) is 7.07. The Morgan fingerprint density at radius 2 is 2.47 bits per heavy atom. The largest absolute Gasteiger partial charge is 0.314 e. The molecule has 1 saturated heterocycles. The maximum Gasteiger partial charge on any atom is 0.0984 e. The number of nitrogens with zero attached hydrogens (tertiary/aromatic N) is 2. The van der Waals surface area contributed by atoms with E-state index in [1.165, 1.54) is 21.8 Å². The van der Waals surface area contributed by atoms with E-state index in [9.17, 15) is 0 Å². The molecule has 1 fully saturated rings. The molecule has 2 rings (SSSR count). The maximum atomic E-state index is 4.70. The summed E-state index contributed by atoms with van der Waals surface area (Å²) < 4.78 is 1.18. The van der Waals surface area contributed by atoms with Crippen LogP contribution in [-0.4, -0.2) is 37.1 Å². The molecule has 1 aliphatic rings. The third-order valence-corrected chi connectivity index (χ3v) is 4.74. The summed E-state index contributed by atoms with van der Waals surface area (Å²) in [5.41, 5.74) is 1.15. The quantitative estimate of drug-likeness (QED) is 0.923. The molecular weight excluding hydrogens is 274 g/mol. The van der Waals surface area contributed by atoms with Crippen LogP contribution >= 0.6 is 27.3 Å². The van der Waals surface area contributed by atoms with Crippen molar-refractivity contribution in [3.05, 3.63) is 14.5 Å². The average molecular weight is 290 g/mol. The summed E-state index contributed by atoms with van der Waals surface area (Å²) in [5, 5.41) is 4.43. The predicted molar refractivity (Wildman–Crippen MR) is 67.4 cm³/mol. The van der Waals surface area contributed by atoms with E-state index in [-0.39, 0.29) is 0 Å². The summed E-state index contributed by atoms with van der Waals surface area (Å²) >= 11 is 5.38. The molecule has 1 aromatic heterocycles. The second-order valence-electron chi connectivity index (χ2n) is 4.05. The van der Waals surface area contributed by atoms with E-state index in [1.54, 1.807) is 11.3 Å². The van der Waals surface area contributed by atoms with Crippen molar-refractivity contribution in [1.82, 2.24) is 15.2 Å². The number of rotatable bonds is 3. The van der Waals surface area contributed by atoms with Crippen LogP contribution in [0.25, 0.3) is 0 Å². The van der Waals surface area contributed by atoms with Crippen LogP contribution in [0.2, 0.25) is 0 Å². The number of hydrogen-bond donors (Lipinski definition) is 1. The second kappa shape index (κ2) is 4.91. The zero-order valence-electron chi connectivity index (χ0n) is 9.09. The molecule has 0 aliphatic carbocycles. The van der Waals surface area contributed by atoms with Gasteiger partial charge < -0.3 is 10.2 Å². The molecule has 1 aliphatic heterocycles. The highest BCUT2D eigenvalue weighted by molar-refractivity contribution is 9.11. The van der Waals surface area contributed by atoms with Gasteiger partial charge in [-0.15, -0.1) is 11.3 Å². The lowest BCUT2D eigenvalue weighted by Crippen LogP contribution is -2.13. The van der Waals surface area contributed by atoms with Crippen LogP contribution in [0.1, 0.15) is 23.0 Å². The van der Waals surface area contributed by atoms with E-state index >= 15 is 0 Å². The lowest BCUT2D eigenvalue weighted by Gasteiger charge is -2.06. The molecule has 0 spiro atoms. The van der Waals surface area contributed by atoms with Crippen LogP contribution in [0.5, 0.6) is 0 Å². The van der Waals surface area contributed by atoms with Gasteiger partial charge in [0, 0.05) is 19.0 Å². The van der Waals surface area contributed by atoms with Gasteiger partial charge in [-0.05, 0) is 43.0 Å². The highest BCUT2D eigenvalue weighted by Crippen LogP contribution is 2.33. The molecule has 1 N–H and O–H groups in total. The van der Waals surface area contributed by atoms with Crippen LogP contribution in [0.15, 0.2) is 3.79 Å². The van der Waals surface area contributed by atoms with Crippen molar-refractivity contribution in [3.63, 3.8) is 0 Å². The lowest BCUT2D eigenvalue weighted by molar-refractivity contribution is 0.411. The minimum Gasteiger partial charge on any atom is -0.314 e. The predicted octanol–water partition coefficient (Wildman–Crippen LogP) is 2.04.